The van der Waals surface area contributed by atoms with Crippen LogP contribution in [0.3, 0.4) is 0 Å². The molecule has 5 rings (SSSR count). The zero-order valence-electron chi connectivity index (χ0n) is 35.0. The zero-order chi connectivity index (χ0) is 38.9. The number of pyridine rings is 1. The summed E-state index contributed by atoms with van der Waals surface area (Å²) < 4.78 is 16.2. The minimum atomic E-state index is 0. The molecular formula is C46H76N4O3. The topological polar surface area (TPSA) is 73.5 Å². The van der Waals surface area contributed by atoms with Gasteiger partial charge in [-0.3, -0.25) is 4.98 Å². The Morgan fingerprint density at radius 3 is 1.68 bits per heavy atom. The second-order valence-corrected chi connectivity index (χ2v) is 15.7. The largest absolute Gasteiger partial charge is 0.493 e. The summed E-state index contributed by atoms with van der Waals surface area (Å²) in [6, 6.07) is 22.3. The van der Waals surface area contributed by atoms with E-state index in [2.05, 4.69) is 120 Å². The Hall–Kier alpha value is -3.71. The Balaban J connectivity index is 0.000000638. The first kappa shape index (κ1) is 49.3. The minimum absolute atomic E-state index is 0. The van der Waals surface area contributed by atoms with Crippen LogP contribution in [0.4, 0.5) is 0 Å². The molecule has 1 saturated heterocycles. The molecular weight excluding hydrogens is 657 g/mol. The van der Waals surface area contributed by atoms with E-state index >= 15 is 0 Å². The van der Waals surface area contributed by atoms with Gasteiger partial charge in [0.25, 0.3) is 0 Å². The van der Waals surface area contributed by atoms with Gasteiger partial charge >= 0.3 is 0 Å². The smallest absolute Gasteiger partial charge is 0.219 e. The molecule has 1 aliphatic heterocycles. The number of benzene rings is 2. The van der Waals surface area contributed by atoms with E-state index in [0.717, 1.165) is 37.1 Å². The molecule has 1 fully saturated rings. The maximum Gasteiger partial charge on any atom is 0.219 e. The fraction of sp³-hybridized carbons (Fsp3) is 0.587. The Labute approximate surface area is 325 Å². The lowest BCUT2D eigenvalue weighted by Crippen LogP contribution is -2.23. The van der Waals surface area contributed by atoms with Gasteiger partial charge in [-0.1, -0.05) is 113 Å². The van der Waals surface area contributed by atoms with Crippen molar-refractivity contribution in [2.45, 2.75) is 123 Å². The molecule has 2 aromatic heterocycles. The van der Waals surface area contributed by atoms with Gasteiger partial charge in [-0.15, -0.1) is 10.2 Å². The van der Waals surface area contributed by atoms with Gasteiger partial charge in [-0.05, 0) is 112 Å². The van der Waals surface area contributed by atoms with Crippen molar-refractivity contribution in [1.29, 1.82) is 0 Å². The summed E-state index contributed by atoms with van der Waals surface area (Å²) >= 11 is 0. The number of likely N-dealkylation sites (tertiary alicyclic amines) is 1. The van der Waals surface area contributed by atoms with Crippen molar-refractivity contribution in [3.63, 3.8) is 0 Å². The van der Waals surface area contributed by atoms with E-state index in [1.807, 2.05) is 56.4 Å². The molecule has 7 heteroatoms. The first-order valence-electron chi connectivity index (χ1n) is 19.5. The SMILES string of the molecule is C.CC(C)CN1CCCC1.CC(C)Cc1ccccn1.Cc1ccc(OCC(C)C)cc1.Cc1cccc(OCC(C)C)c1.Cc1nnc(C(C)C)o1. The van der Waals surface area contributed by atoms with Crippen LogP contribution in [-0.4, -0.2) is 52.9 Å². The fourth-order valence-corrected chi connectivity index (χ4v) is 4.83. The van der Waals surface area contributed by atoms with Crippen molar-refractivity contribution in [3.8, 4) is 11.5 Å². The predicted molar refractivity (Wildman–Crippen MR) is 226 cm³/mol. The fourth-order valence-electron chi connectivity index (χ4n) is 4.83. The van der Waals surface area contributed by atoms with Crippen molar-refractivity contribution in [2.24, 2.45) is 23.7 Å². The van der Waals surface area contributed by atoms with Gasteiger partial charge in [0, 0.05) is 31.3 Å². The summed E-state index contributed by atoms with van der Waals surface area (Å²) in [6.07, 6.45) is 5.78. The molecule has 2 aromatic carbocycles. The molecule has 0 amide bonds. The molecule has 0 aliphatic carbocycles. The summed E-state index contributed by atoms with van der Waals surface area (Å²) in [4.78, 5) is 6.78. The molecule has 7 nitrogen and oxygen atoms in total. The molecule has 0 spiro atoms. The van der Waals surface area contributed by atoms with Crippen molar-refractivity contribution in [3.05, 3.63) is 102 Å². The van der Waals surface area contributed by atoms with Crippen molar-refractivity contribution in [2.75, 3.05) is 32.8 Å². The molecule has 0 atom stereocenters. The highest BCUT2D eigenvalue weighted by Crippen LogP contribution is 2.14. The van der Waals surface area contributed by atoms with Crippen LogP contribution in [0.5, 0.6) is 11.5 Å². The molecule has 0 radical (unpaired) electrons. The molecule has 3 heterocycles. The number of ether oxygens (including phenoxy) is 2. The summed E-state index contributed by atoms with van der Waals surface area (Å²) in [5.74, 6) is 6.37. The third kappa shape index (κ3) is 26.7. The first-order valence-corrected chi connectivity index (χ1v) is 19.5. The van der Waals surface area contributed by atoms with E-state index in [-0.39, 0.29) is 7.43 Å². The number of hydrogen-bond donors (Lipinski definition) is 0. The van der Waals surface area contributed by atoms with Crippen LogP contribution in [0, 0.1) is 44.4 Å². The van der Waals surface area contributed by atoms with Crippen LogP contribution in [-0.2, 0) is 6.42 Å². The number of hydrogen-bond acceptors (Lipinski definition) is 7. The third-order valence-corrected chi connectivity index (χ3v) is 7.38. The second-order valence-electron chi connectivity index (χ2n) is 15.7. The van der Waals surface area contributed by atoms with Gasteiger partial charge in [0.05, 0.1) is 13.2 Å². The normalized spacial score (nSPS) is 12.1. The van der Waals surface area contributed by atoms with Gasteiger partial charge in [-0.2, -0.15) is 0 Å². The lowest BCUT2D eigenvalue weighted by atomic mass is 10.1. The average molecular weight is 733 g/mol. The number of aromatic nitrogens is 3. The Kier molecular flexibility index (Phi) is 26.7. The maximum absolute atomic E-state index is 5.55. The van der Waals surface area contributed by atoms with Gasteiger partial charge in [0.2, 0.25) is 11.8 Å². The Morgan fingerprint density at radius 2 is 1.25 bits per heavy atom. The molecule has 0 bridgehead atoms. The van der Waals surface area contributed by atoms with Crippen LogP contribution in [0.15, 0.2) is 77.3 Å². The Morgan fingerprint density at radius 1 is 0.642 bits per heavy atom. The van der Waals surface area contributed by atoms with E-state index in [4.69, 9.17) is 13.9 Å². The molecule has 298 valence electrons. The van der Waals surface area contributed by atoms with E-state index < -0.39 is 0 Å². The maximum atomic E-state index is 5.55. The minimum Gasteiger partial charge on any atom is -0.493 e. The molecule has 53 heavy (non-hydrogen) atoms. The van der Waals surface area contributed by atoms with Crippen LogP contribution >= 0.6 is 0 Å². The predicted octanol–water partition coefficient (Wildman–Crippen LogP) is 12.2. The molecule has 1 aliphatic rings. The zero-order valence-corrected chi connectivity index (χ0v) is 35.0. The summed E-state index contributed by atoms with van der Waals surface area (Å²) in [5, 5.41) is 7.52. The van der Waals surface area contributed by atoms with Crippen molar-refractivity contribution >= 4 is 0 Å². The van der Waals surface area contributed by atoms with Gasteiger partial charge < -0.3 is 18.8 Å². The average Bonchev–Trinajstić information content (AvgIpc) is 3.77. The van der Waals surface area contributed by atoms with Gasteiger partial charge in [0.1, 0.15) is 11.5 Å². The monoisotopic (exact) mass is 733 g/mol. The van der Waals surface area contributed by atoms with Crippen LogP contribution in [0.1, 0.15) is 124 Å². The number of rotatable bonds is 11. The van der Waals surface area contributed by atoms with Crippen LogP contribution < -0.4 is 9.47 Å². The molecule has 4 aromatic rings. The standard InChI is InChI=1S/2C11H16O.C9H13N.C8H17N.C6H10N2O.CH4/c1-9(2)8-12-11-6-4-10(3)5-7-11;1-9(2)8-12-11-6-4-5-10(3)7-11;1-8(2)7-9-5-3-4-6-10-9;1-8(2)7-9-5-3-4-6-9;1-4(2)6-8-7-5(3)9-6;/h2*4-7,9H,8H2,1-3H3;3-6,8H,7H2,1-2H3;8H,3-7H2,1-2H3;4H,1-3H3;1H4. The van der Waals surface area contributed by atoms with Gasteiger partial charge in [0.15, 0.2) is 0 Å². The number of nitrogens with zero attached hydrogens (tertiary/aromatic N) is 4. The van der Waals surface area contributed by atoms with E-state index in [9.17, 15) is 0 Å². The summed E-state index contributed by atoms with van der Waals surface area (Å²) in [7, 11) is 0. The van der Waals surface area contributed by atoms with E-state index in [0.29, 0.717) is 35.5 Å². The molecule has 0 N–H and O–H groups in total. The first-order chi connectivity index (χ1) is 24.6. The van der Waals surface area contributed by atoms with E-state index in [1.54, 1.807) is 6.92 Å². The third-order valence-electron chi connectivity index (χ3n) is 7.38. The molecule has 0 saturated carbocycles. The van der Waals surface area contributed by atoms with Crippen LogP contribution in [0.25, 0.3) is 0 Å². The van der Waals surface area contributed by atoms with Crippen molar-refractivity contribution in [1.82, 2.24) is 20.1 Å². The van der Waals surface area contributed by atoms with Crippen LogP contribution in [0.2, 0.25) is 0 Å². The Bertz CT molecular complexity index is 1410. The highest BCUT2D eigenvalue weighted by Gasteiger charge is 2.11. The van der Waals surface area contributed by atoms with E-state index in [1.165, 1.54) is 49.3 Å². The second kappa shape index (κ2) is 28.7. The lowest BCUT2D eigenvalue weighted by Gasteiger charge is -2.16. The summed E-state index contributed by atoms with van der Waals surface area (Å²) in [5.41, 5.74) is 3.71. The highest BCUT2D eigenvalue weighted by atomic mass is 16.5. The highest BCUT2D eigenvalue weighted by molar-refractivity contribution is 5.27. The summed E-state index contributed by atoms with van der Waals surface area (Å²) in [6.45, 7) is 33.1. The van der Waals surface area contributed by atoms with Gasteiger partial charge in [-0.25, -0.2) is 0 Å². The quantitative estimate of drug-likeness (QED) is 0.152. The number of aryl methyl sites for hydroxylation is 3. The van der Waals surface area contributed by atoms with Crippen molar-refractivity contribution < 1.29 is 13.9 Å². The molecule has 0 unspecified atom stereocenters. The lowest BCUT2D eigenvalue weighted by molar-refractivity contribution is 0.271.